The number of carbonyl (C=O) groups is 2. The van der Waals surface area contributed by atoms with Crippen LogP contribution in [0, 0.1) is 11.8 Å². The van der Waals surface area contributed by atoms with Gasteiger partial charge in [0.1, 0.15) is 0 Å². The lowest BCUT2D eigenvalue weighted by Gasteiger charge is -2.23. The summed E-state index contributed by atoms with van der Waals surface area (Å²) in [5, 5.41) is 2.87. The molecule has 21 heavy (non-hydrogen) atoms. The van der Waals surface area contributed by atoms with Crippen LogP contribution in [0.4, 0.5) is 0 Å². The molecule has 0 aliphatic carbocycles. The summed E-state index contributed by atoms with van der Waals surface area (Å²) < 4.78 is 23.0. The van der Waals surface area contributed by atoms with Gasteiger partial charge in [-0.25, -0.2) is 8.42 Å². The molecule has 120 valence electrons. The Bertz CT molecular complexity index is 515. The van der Waals surface area contributed by atoms with E-state index < -0.39 is 9.84 Å². The molecule has 0 aromatic carbocycles. The SMILES string of the molecule is CC(C)CCNC(=O)[C@@H]1CC(=O)N([C@@H]2CCS(=O)(=O)C2)C1. The second-order valence-electron chi connectivity index (χ2n) is 6.48. The lowest BCUT2D eigenvalue weighted by molar-refractivity contribution is -0.130. The molecule has 2 amide bonds. The summed E-state index contributed by atoms with van der Waals surface area (Å²) >= 11 is 0. The summed E-state index contributed by atoms with van der Waals surface area (Å²) in [4.78, 5) is 25.7. The summed E-state index contributed by atoms with van der Waals surface area (Å²) in [6.07, 6.45) is 1.61. The summed E-state index contributed by atoms with van der Waals surface area (Å²) in [5.41, 5.74) is 0. The topological polar surface area (TPSA) is 83.6 Å². The van der Waals surface area contributed by atoms with E-state index in [-0.39, 0.29) is 41.7 Å². The molecule has 1 N–H and O–H groups in total. The van der Waals surface area contributed by atoms with Crippen LogP contribution in [0.15, 0.2) is 0 Å². The van der Waals surface area contributed by atoms with Gasteiger partial charge in [0.05, 0.1) is 17.4 Å². The predicted octanol–water partition coefficient (Wildman–Crippen LogP) is 0.184. The summed E-state index contributed by atoms with van der Waals surface area (Å²) in [6.45, 7) is 5.16. The molecule has 2 heterocycles. The molecule has 7 heteroatoms. The zero-order valence-corrected chi connectivity index (χ0v) is 13.5. The molecule has 0 saturated carbocycles. The minimum atomic E-state index is -3.01. The van der Waals surface area contributed by atoms with Crippen molar-refractivity contribution in [3.63, 3.8) is 0 Å². The van der Waals surface area contributed by atoms with E-state index in [9.17, 15) is 18.0 Å². The van der Waals surface area contributed by atoms with Gasteiger partial charge in [0.15, 0.2) is 9.84 Å². The zero-order valence-electron chi connectivity index (χ0n) is 12.7. The number of nitrogens with one attached hydrogen (secondary N) is 1. The molecule has 2 atom stereocenters. The van der Waals surface area contributed by atoms with Gasteiger partial charge in [-0.2, -0.15) is 0 Å². The Kier molecular flexibility index (Phi) is 4.91. The van der Waals surface area contributed by atoms with Crippen LogP contribution in [-0.4, -0.2) is 55.8 Å². The average Bonchev–Trinajstić information content (AvgIpc) is 2.91. The van der Waals surface area contributed by atoms with Crippen LogP contribution in [0.3, 0.4) is 0 Å². The van der Waals surface area contributed by atoms with Crippen LogP contribution < -0.4 is 5.32 Å². The van der Waals surface area contributed by atoms with Crippen LogP contribution >= 0.6 is 0 Å². The molecule has 0 unspecified atom stereocenters. The van der Waals surface area contributed by atoms with E-state index in [0.717, 1.165) is 6.42 Å². The van der Waals surface area contributed by atoms with Gasteiger partial charge in [0.25, 0.3) is 0 Å². The van der Waals surface area contributed by atoms with Gasteiger partial charge in [-0.3, -0.25) is 9.59 Å². The van der Waals surface area contributed by atoms with Crippen LogP contribution in [-0.2, 0) is 19.4 Å². The molecular weight excluding hydrogens is 292 g/mol. The van der Waals surface area contributed by atoms with E-state index >= 15 is 0 Å². The van der Waals surface area contributed by atoms with Gasteiger partial charge in [0, 0.05) is 25.6 Å². The first-order chi connectivity index (χ1) is 9.78. The highest BCUT2D eigenvalue weighted by molar-refractivity contribution is 7.91. The number of hydrogen-bond donors (Lipinski definition) is 1. The van der Waals surface area contributed by atoms with Crippen LogP contribution in [0.1, 0.15) is 33.1 Å². The number of rotatable bonds is 5. The fourth-order valence-corrected chi connectivity index (χ4v) is 4.64. The standard InChI is InChI=1S/C14H24N2O4S/c1-10(2)3-5-15-14(18)11-7-13(17)16(8-11)12-4-6-21(19,20)9-12/h10-12H,3-9H2,1-2H3,(H,15,18)/t11-,12-/m1/s1. The van der Waals surface area contributed by atoms with E-state index in [0.29, 0.717) is 25.4 Å². The largest absolute Gasteiger partial charge is 0.356 e. The monoisotopic (exact) mass is 316 g/mol. The van der Waals surface area contributed by atoms with Crippen LogP contribution in [0.5, 0.6) is 0 Å². The van der Waals surface area contributed by atoms with Crippen molar-refractivity contribution in [3.05, 3.63) is 0 Å². The number of hydrogen-bond acceptors (Lipinski definition) is 4. The molecule has 0 spiro atoms. The highest BCUT2D eigenvalue weighted by atomic mass is 32.2. The lowest BCUT2D eigenvalue weighted by Crippen LogP contribution is -2.39. The van der Waals surface area contributed by atoms with Crippen molar-refractivity contribution in [2.45, 2.75) is 39.2 Å². The highest BCUT2D eigenvalue weighted by Gasteiger charge is 2.41. The Morgan fingerprint density at radius 2 is 2.14 bits per heavy atom. The van der Waals surface area contributed by atoms with Crippen molar-refractivity contribution in [1.82, 2.24) is 10.2 Å². The van der Waals surface area contributed by atoms with Gasteiger partial charge in [-0.1, -0.05) is 13.8 Å². The van der Waals surface area contributed by atoms with Crippen molar-refractivity contribution in [2.24, 2.45) is 11.8 Å². The van der Waals surface area contributed by atoms with Crippen molar-refractivity contribution in [1.29, 1.82) is 0 Å². The molecule has 2 aliphatic rings. The molecule has 0 aromatic rings. The first kappa shape index (κ1) is 16.3. The van der Waals surface area contributed by atoms with Crippen LogP contribution in [0.2, 0.25) is 0 Å². The number of amides is 2. The van der Waals surface area contributed by atoms with Crippen molar-refractivity contribution in [3.8, 4) is 0 Å². The third-order valence-corrected chi connectivity index (χ3v) is 5.95. The first-order valence-electron chi connectivity index (χ1n) is 7.56. The first-order valence-corrected chi connectivity index (χ1v) is 9.38. The Hall–Kier alpha value is -1.11. The van der Waals surface area contributed by atoms with Gasteiger partial charge in [0.2, 0.25) is 11.8 Å². The number of sulfone groups is 1. The lowest BCUT2D eigenvalue weighted by atomic mass is 10.1. The van der Waals surface area contributed by atoms with E-state index in [4.69, 9.17) is 0 Å². The molecule has 0 bridgehead atoms. The Morgan fingerprint density at radius 1 is 1.43 bits per heavy atom. The number of carbonyl (C=O) groups excluding carboxylic acids is 2. The summed E-state index contributed by atoms with van der Waals surface area (Å²) in [6, 6.07) is -0.240. The van der Waals surface area contributed by atoms with Gasteiger partial charge in [-0.15, -0.1) is 0 Å². The van der Waals surface area contributed by atoms with E-state index in [1.165, 1.54) is 0 Å². The fourth-order valence-electron chi connectivity index (χ4n) is 2.91. The second kappa shape index (κ2) is 6.34. The molecule has 2 saturated heterocycles. The summed E-state index contributed by atoms with van der Waals surface area (Å²) in [7, 11) is -3.01. The molecule has 6 nitrogen and oxygen atoms in total. The van der Waals surface area contributed by atoms with Crippen molar-refractivity contribution < 1.29 is 18.0 Å². The quantitative estimate of drug-likeness (QED) is 0.784. The van der Waals surface area contributed by atoms with Gasteiger partial charge in [-0.05, 0) is 18.8 Å². The van der Waals surface area contributed by atoms with E-state index in [1.54, 1.807) is 4.90 Å². The highest BCUT2D eigenvalue weighted by Crippen LogP contribution is 2.26. The predicted molar refractivity (Wildman–Crippen MR) is 79.3 cm³/mol. The smallest absolute Gasteiger partial charge is 0.225 e. The molecule has 0 radical (unpaired) electrons. The third kappa shape index (κ3) is 4.18. The number of nitrogens with zero attached hydrogens (tertiary/aromatic N) is 1. The second-order valence-corrected chi connectivity index (χ2v) is 8.71. The molecule has 2 fully saturated rings. The third-order valence-electron chi connectivity index (χ3n) is 4.20. The maximum atomic E-state index is 12.1. The van der Waals surface area contributed by atoms with E-state index in [1.807, 2.05) is 0 Å². The maximum Gasteiger partial charge on any atom is 0.225 e. The minimum Gasteiger partial charge on any atom is -0.356 e. The van der Waals surface area contributed by atoms with Crippen molar-refractivity contribution in [2.75, 3.05) is 24.6 Å². The average molecular weight is 316 g/mol. The maximum absolute atomic E-state index is 12.1. The molecule has 2 rings (SSSR count). The fraction of sp³-hybridized carbons (Fsp3) is 0.857. The van der Waals surface area contributed by atoms with Gasteiger partial charge >= 0.3 is 0 Å². The van der Waals surface area contributed by atoms with Gasteiger partial charge < -0.3 is 10.2 Å². The number of likely N-dealkylation sites (tertiary alicyclic amines) is 1. The van der Waals surface area contributed by atoms with Crippen molar-refractivity contribution >= 4 is 21.7 Å². The minimum absolute atomic E-state index is 0.0421. The Balaban J connectivity index is 1.86. The van der Waals surface area contributed by atoms with E-state index in [2.05, 4.69) is 19.2 Å². The Morgan fingerprint density at radius 3 is 2.71 bits per heavy atom. The Labute approximate surface area is 126 Å². The molecule has 2 aliphatic heterocycles. The zero-order chi connectivity index (χ0) is 15.6. The molecular formula is C14H24N2O4S. The van der Waals surface area contributed by atoms with Crippen LogP contribution in [0.25, 0.3) is 0 Å². The summed E-state index contributed by atoms with van der Waals surface area (Å²) in [5.74, 6) is 0.185. The normalized spacial score (nSPS) is 28.3. The molecule has 0 aromatic heterocycles.